The maximum atomic E-state index is 13.4. The fourth-order valence-corrected chi connectivity index (χ4v) is 1.99. The molecule has 0 saturated heterocycles. The molecule has 2 aromatic carbocycles. The summed E-state index contributed by atoms with van der Waals surface area (Å²) in [5, 5.41) is 18.4. The Kier molecular flexibility index (Phi) is 3.89. The minimum Gasteiger partial charge on any atom is -0.497 e. The Morgan fingerprint density at radius 2 is 1.48 bits per heavy atom. The third-order valence-corrected chi connectivity index (χ3v) is 2.96. The van der Waals surface area contributed by atoms with E-state index in [4.69, 9.17) is 4.74 Å². The Morgan fingerprint density at radius 1 is 0.952 bits per heavy atom. The van der Waals surface area contributed by atoms with E-state index in [2.05, 4.69) is 0 Å². The van der Waals surface area contributed by atoms with E-state index < -0.39 is 17.8 Å². The van der Waals surface area contributed by atoms with E-state index in [-0.39, 0.29) is 22.3 Å². The normalized spacial score (nSPS) is 10.2. The van der Waals surface area contributed by atoms with E-state index >= 15 is 0 Å². The zero-order valence-corrected chi connectivity index (χ0v) is 11.0. The van der Waals surface area contributed by atoms with Crippen molar-refractivity contribution in [1.29, 1.82) is 0 Å². The molecule has 0 radical (unpaired) electrons. The number of carboxylic acids is 2. The number of benzene rings is 2. The van der Waals surface area contributed by atoms with Gasteiger partial charge in [0.05, 0.1) is 18.2 Å². The van der Waals surface area contributed by atoms with Gasteiger partial charge in [-0.05, 0) is 36.4 Å². The first-order valence-electron chi connectivity index (χ1n) is 5.88. The van der Waals surface area contributed by atoms with Crippen molar-refractivity contribution in [1.82, 2.24) is 0 Å². The smallest absolute Gasteiger partial charge is 0.336 e. The van der Waals surface area contributed by atoms with Crippen LogP contribution in [0.2, 0.25) is 0 Å². The first-order valence-corrected chi connectivity index (χ1v) is 5.88. The molecule has 21 heavy (non-hydrogen) atoms. The molecule has 0 atom stereocenters. The van der Waals surface area contributed by atoms with Gasteiger partial charge in [-0.3, -0.25) is 0 Å². The number of hydrogen-bond donors (Lipinski definition) is 2. The minimum atomic E-state index is -1.27. The molecule has 108 valence electrons. The van der Waals surface area contributed by atoms with Crippen LogP contribution < -0.4 is 4.74 Å². The SMILES string of the molecule is COc1ccc(C(=O)O)c(-c2cc(F)ccc2C(=O)O)c1. The number of carboxylic acid groups (broad SMARTS) is 2. The molecule has 0 saturated carbocycles. The van der Waals surface area contributed by atoms with E-state index in [1.165, 1.54) is 25.3 Å². The van der Waals surface area contributed by atoms with Gasteiger partial charge in [-0.25, -0.2) is 14.0 Å². The second kappa shape index (κ2) is 5.62. The molecular formula is C15H11FO5. The van der Waals surface area contributed by atoms with Crippen LogP contribution in [0.15, 0.2) is 36.4 Å². The Hall–Kier alpha value is -2.89. The first kappa shape index (κ1) is 14.5. The molecular weight excluding hydrogens is 279 g/mol. The number of halogens is 1. The van der Waals surface area contributed by atoms with E-state index in [1.54, 1.807) is 0 Å². The lowest BCUT2D eigenvalue weighted by Gasteiger charge is -2.11. The van der Waals surface area contributed by atoms with Crippen LogP contribution in [-0.4, -0.2) is 29.3 Å². The summed E-state index contributed by atoms with van der Waals surface area (Å²) in [6.45, 7) is 0. The highest BCUT2D eigenvalue weighted by molar-refractivity contribution is 6.02. The Balaban J connectivity index is 2.78. The van der Waals surface area contributed by atoms with Gasteiger partial charge in [-0.15, -0.1) is 0 Å². The van der Waals surface area contributed by atoms with Gasteiger partial charge in [0.2, 0.25) is 0 Å². The molecule has 0 aliphatic rings. The Labute approximate surface area is 119 Å². The monoisotopic (exact) mass is 290 g/mol. The quantitative estimate of drug-likeness (QED) is 0.904. The van der Waals surface area contributed by atoms with E-state index in [0.717, 1.165) is 18.2 Å². The van der Waals surface area contributed by atoms with Crippen molar-refractivity contribution in [2.45, 2.75) is 0 Å². The number of ether oxygens (including phenoxy) is 1. The molecule has 5 nitrogen and oxygen atoms in total. The molecule has 0 aliphatic carbocycles. The fourth-order valence-electron chi connectivity index (χ4n) is 1.99. The van der Waals surface area contributed by atoms with E-state index in [1.807, 2.05) is 0 Å². The fraction of sp³-hybridized carbons (Fsp3) is 0.0667. The van der Waals surface area contributed by atoms with Crippen LogP contribution >= 0.6 is 0 Å². The number of rotatable bonds is 4. The molecule has 0 unspecified atom stereocenters. The molecule has 2 aromatic rings. The van der Waals surface area contributed by atoms with E-state index in [0.29, 0.717) is 5.75 Å². The predicted octanol–water partition coefficient (Wildman–Crippen LogP) is 2.90. The van der Waals surface area contributed by atoms with Gasteiger partial charge in [-0.2, -0.15) is 0 Å². The molecule has 0 bridgehead atoms. The van der Waals surface area contributed by atoms with Crippen LogP contribution in [0.1, 0.15) is 20.7 Å². The van der Waals surface area contributed by atoms with Crippen molar-refractivity contribution in [2.75, 3.05) is 7.11 Å². The summed E-state index contributed by atoms with van der Waals surface area (Å²) in [6.07, 6.45) is 0. The van der Waals surface area contributed by atoms with Gasteiger partial charge in [-0.1, -0.05) is 0 Å². The summed E-state index contributed by atoms with van der Waals surface area (Å²) in [4.78, 5) is 22.5. The maximum absolute atomic E-state index is 13.4. The summed E-state index contributed by atoms with van der Waals surface area (Å²) >= 11 is 0. The number of methoxy groups -OCH3 is 1. The van der Waals surface area contributed by atoms with Gasteiger partial charge in [0.15, 0.2) is 0 Å². The van der Waals surface area contributed by atoms with Crippen LogP contribution in [0, 0.1) is 5.82 Å². The van der Waals surface area contributed by atoms with Crippen molar-refractivity contribution in [3.8, 4) is 16.9 Å². The van der Waals surface area contributed by atoms with Gasteiger partial charge in [0.1, 0.15) is 11.6 Å². The Bertz CT molecular complexity index is 724. The third kappa shape index (κ3) is 2.84. The van der Waals surface area contributed by atoms with Gasteiger partial charge in [0, 0.05) is 11.1 Å². The average Bonchev–Trinajstić information content (AvgIpc) is 2.46. The highest BCUT2D eigenvalue weighted by Gasteiger charge is 2.19. The average molecular weight is 290 g/mol. The molecule has 0 aromatic heterocycles. The van der Waals surface area contributed by atoms with Crippen LogP contribution in [0.25, 0.3) is 11.1 Å². The molecule has 0 amide bonds. The van der Waals surface area contributed by atoms with Crippen LogP contribution in [-0.2, 0) is 0 Å². The van der Waals surface area contributed by atoms with Crippen LogP contribution in [0.5, 0.6) is 5.75 Å². The van der Waals surface area contributed by atoms with Crippen molar-refractivity contribution in [2.24, 2.45) is 0 Å². The number of hydrogen-bond acceptors (Lipinski definition) is 3. The molecule has 6 heteroatoms. The van der Waals surface area contributed by atoms with Gasteiger partial charge < -0.3 is 14.9 Å². The van der Waals surface area contributed by atoms with Crippen molar-refractivity contribution in [3.05, 3.63) is 53.3 Å². The van der Waals surface area contributed by atoms with E-state index in [9.17, 15) is 24.2 Å². The van der Waals surface area contributed by atoms with Crippen LogP contribution in [0.4, 0.5) is 4.39 Å². The molecule has 2 N–H and O–H groups in total. The topological polar surface area (TPSA) is 83.8 Å². The zero-order chi connectivity index (χ0) is 15.6. The second-order valence-corrected chi connectivity index (χ2v) is 4.21. The van der Waals surface area contributed by atoms with Crippen molar-refractivity contribution < 1.29 is 28.9 Å². The van der Waals surface area contributed by atoms with Crippen molar-refractivity contribution in [3.63, 3.8) is 0 Å². The minimum absolute atomic E-state index is 0.0150. The molecule has 2 rings (SSSR count). The molecule has 0 aliphatic heterocycles. The third-order valence-electron chi connectivity index (χ3n) is 2.96. The Morgan fingerprint density at radius 3 is 2.00 bits per heavy atom. The molecule has 0 spiro atoms. The van der Waals surface area contributed by atoms with Crippen molar-refractivity contribution >= 4 is 11.9 Å². The van der Waals surface area contributed by atoms with Gasteiger partial charge in [0.25, 0.3) is 0 Å². The lowest BCUT2D eigenvalue weighted by Crippen LogP contribution is -2.05. The summed E-state index contributed by atoms with van der Waals surface area (Å²) in [7, 11) is 1.39. The summed E-state index contributed by atoms with van der Waals surface area (Å²) < 4.78 is 18.4. The van der Waals surface area contributed by atoms with Crippen LogP contribution in [0.3, 0.4) is 0 Å². The zero-order valence-electron chi connectivity index (χ0n) is 11.0. The lowest BCUT2D eigenvalue weighted by molar-refractivity contribution is 0.0684. The standard InChI is InChI=1S/C15H11FO5/c1-21-9-3-5-11(15(19)20)13(7-9)12-6-8(16)2-4-10(12)14(17)18/h2-7H,1H3,(H,17,18)(H,19,20). The number of aromatic carboxylic acids is 2. The highest BCUT2D eigenvalue weighted by Crippen LogP contribution is 2.31. The molecule has 0 heterocycles. The highest BCUT2D eigenvalue weighted by atomic mass is 19.1. The van der Waals surface area contributed by atoms with Gasteiger partial charge >= 0.3 is 11.9 Å². The predicted molar refractivity (Wildman–Crippen MR) is 72.3 cm³/mol. The first-order chi connectivity index (χ1) is 9.93. The number of carbonyl (C=O) groups is 2. The molecule has 0 fully saturated rings. The summed E-state index contributed by atoms with van der Waals surface area (Å²) in [6, 6.07) is 7.18. The summed E-state index contributed by atoms with van der Waals surface area (Å²) in [5.41, 5.74) is -0.256. The maximum Gasteiger partial charge on any atom is 0.336 e. The summed E-state index contributed by atoms with van der Waals surface area (Å²) in [5.74, 6) is -2.83. The lowest BCUT2D eigenvalue weighted by atomic mass is 9.95. The largest absolute Gasteiger partial charge is 0.497 e. The second-order valence-electron chi connectivity index (χ2n) is 4.21.